The van der Waals surface area contributed by atoms with Crippen LogP contribution in [0, 0.1) is 0 Å². The highest BCUT2D eigenvalue weighted by molar-refractivity contribution is 8.93. The monoisotopic (exact) mass is 419 g/mol. The van der Waals surface area contributed by atoms with Crippen molar-refractivity contribution in [3.05, 3.63) is 39.9 Å². The van der Waals surface area contributed by atoms with E-state index in [1.807, 2.05) is 0 Å². The summed E-state index contributed by atoms with van der Waals surface area (Å²) < 4.78 is 7.99. The van der Waals surface area contributed by atoms with Gasteiger partial charge in [0.1, 0.15) is 17.4 Å². The lowest BCUT2D eigenvalue weighted by molar-refractivity contribution is 0.309. The number of ether oxygens (including phenoxy) is 1. The fraction of sp³-hybridized carbons (Fsp3) is 0.500. The number of halogens is 3. The van der Waals surface area contributed by atoms with Gasteiger partial charge in [-0.1, -0.05) is 29.6 Å². The Morgan fingerprint density at radius 2 is 2.00 bits per heavy atom. The van der Waals surface area contributed by atoms with Crippen molar-refractivity contribution in [1.82, 2.24) is 14.8 Å². The van der Waals surface area contributed by atoms with E-state index in [-0.39, 0.29) is 17.0 Å². The lowest BCUT2D eigenvalue weighted by atomic mass is 10.2. The van der Waals surface area contributed by atoms with Crippen LogP contribution in [0.25, 0.3) is 0 Å². The topological polar surface area (TPSA) is 39.9 Å². The summed E-state index contributed by atoms with van der Waals surface area (Å²) in [6.07, 6.45) is 6.52. The molecule has 2 heterocycles. The van der Waals surface area contributed by atoms with Crippen molar-refractivity contribution in [3.63, 3.8) is 0 Å². The van der Waals surface area contributed by atoms with E-state index in [4.69, 9.17) is 27.9 Å². The molecule has 0 saturated heterocycles. The van der Waals surface area contributed by atoms with Gasteiger partial charge in [-0.2, -0.15) is 0 Å². The molecule has 126 valence electrons. The van der Waals surface area contributed by atoms with Crippen molar-refractivity contribution in [2.75, 3.05) is 6.61 Å². The standard InChI is InChI=1S/C16H19Cl2N3O.BrH/c17-12-7-8-14(13(18)11-12)22-10-4-6-16-20-19-15-5-2-1-3-9-21(15)16;/h7-8,11H,1-6,9-10H2;1H. The van der Waals surface area contributed by atoms with E-state index in [9.17, 15) is 0 Å². The van der Waals surface area contributed by atoms with E-state index in [0.29, 0.717) is 22.4 Å². The van der Waals surface area contributed by atoms with Crippen molar-refractivity contribution in [3.8, 4) is 5.75 Å². The molecular formula is C16H20BrCl2N3O. The quantitative estimate of drug-likeness (QED) is 0.645. The van der Waals surface area contributed by atoms with E-state index < -0.39 is 0 Å². The van der Waals surface area contributed by atoms with Crippen molar-refractivity contribution in [2.24, 2.45) is 0 Å². The summed E-state index contributed by atoms with van der Waals surface area (Å²) in [5.74, 6) is 2.88. The molecule has 1 aliphatic rings. The first kappa shape index (κ1) is 18.6. The zero-order valence-corrected chi connectivity index (χ0v) is 16.0. The molecule has 0 bridgehead atoms. The fourth-order valence-electron chi connectivity index (χ4n) is 2.73. The predicted molar refractivity (Wildman–Crippen MR) is 98.2 cm³/mol. The summed E-state index contributed by atoms with van der Waals surface area (Å²) >= 11 is 12.0. The molecule has 3 rings (SSSR count). The normalized spacial score (nSPS) is 13.8. The van der Waals surface area contributed by atoms with Gasteiger partial charge in [-0.3, -0.25) is 0 Å². The number of benzene rings is 1. The van der Waals surface area contributed by atoms with Crippen LogP contribution in [0.2, 0.25) is 10.0 Å². The summed E-state index contributed by atoms with van der Waals surface area (Å²) in [7, 11) is 0. The molecule has 7 heteroatoms. The minimum Gasteiger partial charge on any atom is -0.492 e. The molecule has 0 atom stereocenters. The van der Waals surface area contributed by atoms with Gasteiger partial charge in [-0.25, -0.2) is 0 Å². The maximum atomic E-state index is 6.09. The number of aromatic nitrogens is 3. The lowest BCUT2D eigenvalue weighted by Crippen LogP contribution is -2.08. The van der Waals surface area contributed by atoms with Gasteiger partial charge in [0.2, 0.25) is 0 Å². The molecule has 1 aromatic carbocycles. The van der Waals surface area contributed by atoms with E-state index >= 15 is 0 Å². The Balaban J connectivity index is 0.00000192. The van der Waals surface area contributed by atoms with Crippen molar-refractivity contribution in [1.29, 1.82) is 0 Å². The molecule has 4 nitrogen and oxygen atoms in total. The third kappa shape index (κ3) is 4.85. The molecule has 0 aliphatic carbocycles. The third-order valence-corrected chi connectivity index (χ3v) is 4.41. The molecule has 0 radical (unpaired) electrons. The molecule has 2 aromatic rings. The van der Waals surface area contributed by atoms with Crippen molar-refractivity contribution < 1.29 is 4.74 Å². The van der Waals surface area contributed by atoms with E-state index in [2.05, 4.69) is 14.8 Å². The molecular weight excluding hydrogens is 401 g/mol. The number of hydrogen-bond acceptors (Lipinski definition) is 3. The van der Waals surface area contributed by atoms with E-state index in [1.165, 1.54) is 19.3 Å². The first-order valence-electron chi connectivity index (χ1n) is 7.73. The SMILES string of the molecule is Br.Clc1ccc(OCCCc2nnc3n2CCCCC3)c(Cl)c1. The zero-order valence-electron chi connectivity index (χ0n) is 12.8. The molecule has 1 aliphatic heterocycles. The van der Waals surface area contributed by atoms with Gasteiger partial charge < -0.3 is 9.30 Å². The van der Waals surface area contributed by atoms with Crippen LogP contribution < -0.4 is 4.74 Å². The van der Waals surface area contributed by atoms with Crippen LogP contribution in [0.4, 0.5) is 0 Å². The van der Waals surface area contributed by atoms with E-state index in [1.54, 1.807) is 18.2 Å². The molecule has 0 N–H and O–H groups in total. The highest BCUT2D eigenvalue weighted by Crippen LogP contribution is 2.27. The number of hydrogen-bond donors (Lipinski definition) is 0. The maximum Gasteiger partial charge on any atom is 0.137 e. The molecule has 0 amide bonds. The highest BCUT2D eigenvalue weighted by atomic mass is 79.9. The van der Waals surface area contributed by atoms with E-state index in [0.717, 1.165) is 37.5 Å². The Morgan fingerprint density at radius 3 is 2.83 bits per heavy atom. The number of nitrogens with zero attached hydrogens (tertiary/aromatic N) is 3. The Bertz CT molecular complexity index is 648. The zero-order chi connectivity index (χ0) is 15.4. The van der Waals surface area contributed by atoms with Crippen LogP contribution in [0.15, 0.2) is 18.2 Å². The minimum absolute atomic E-state index is 0. The van der Waals surface area contributed by atoms with Crippen LogP contribution in [-0.2, 0) is 19.4 Å². The summed E-state index contributed by atoms with van der Waals surface area (Å²) in [4.78, 5) is 0. The second kappa shape index (κ2) is 8.90. The smallest absolute Gasteiger partial charge is 0.137 e. The van der Waals surface area contributed by atoms with Gasteiger partial charge in [-0.15, -0.1) is 27.2 Å². The first-order valence-corrected chi connectivity index (χ1v) is 8.48. The second-order valence-corrected chi connectivity index (χ2v) is 6.37. The summed E-state index contributed by atoms with van der Waals surface area (Å²) in [6, 6.07) is 5.27. The summed E-state index contributed by atoms with van der Waals surface area (Å²) in [6.45, 7) is 1.64. The lowest BCUT2D eigenvalue weighted by Gasteiger charge is -2.09. The van der Waals surface area contributed by atoms with Gasteiger partial charge >= 0.3 is 0 Å². The molecule has 23 heavy (non-hydrogen) atoms. The fourth-order valence-corrected chi connectivity index (χ4v) is 3.20. The first-order chi connectivity index (χ1) is 10.7. The number of aryl methyl sites for hydroxylation is 2. The Kier molecular flexibility index (Phi) is 7.18. The van der Waals surface area contributed by atoms with Crippen LogP contribution in [-0.4, -0.2) is 21.4 Å². The predicted octanol–water partition coefficient (Wildman–Crippen LogP) is 4.90. The van der Waals surface area contributed by atoms with Crippen LogP contribution in [0.5, 0.6) is 5.75 Å². The molecule has 0 unspecified atom stereocenters. The number of rotatable bonds is 5. The summed E-state index contributed by atoms with van der Waals surface area (Å²) in [5.41, 5.74) is 0. The van der Waals surface area contributed by atoms with Gasteiger partial charge in [0.25, 0.3) is 0 Å². The Labute approximate surface area is 156 Å². The van der Waals surface area contributed by atoms with Gasteiger partial charge in [0.15, 0.2) is 0 Å². The molecule has 0 fully saturated rings. The minimum atomic E-state index is 0. The van der Waals surface area contributed by atoms with Crippen LogP contribution >= 0.6 is 40.2 Å². The molecule has 0 spiro atoms. The Morgan fingerprint density at radius 1 is 1.13 bits per heavy atom. The highest BCUT2D eigenvalue weighted by Gasteiger charge is 2.14. The Hall–Kier alpha value is -0.780. The van der Waals surface area contributed by atoms with Gasteiger partial charge in [0, 0.05) is 24.4 Å². The average molecular weight is 421 g/mol. The van der Waals surface area contributed by atoms with Crippen LogP contribution in [0.1, 0.15) is 37.3 Å². The molecule has 1 aromatic heterocycles. The second-order valence-electron chi connectivity index (χ2n) is 5.52. The van der Waals surface area contributed by atoms with Gasteiger partial charge in [-0.05, 0) is 37.5 Å². The maximum absolute atomic E-state index is 6.09. The average Bonchev–Trinajstić information content (AvgIpc) is 2.73. The third-order valence-electron chi connectivity index (χ3n) is 3.88. The van der Waals surface area contributed by atoms with Crippen molar-refractivity contribution in [2.45, 2.75) is 45.1 Å². The summed E-state index contributed by atoms with van der Waals surface area (Å²) in [5, 5.41) is 9.80. The number of fused-ring (bicyclic) bond motifs is 1. The van der Waals surface area contributed by atoms with Crippen LogP contribution in [0.3, 0.4) is 0 Å². The molecule has 0 saturated carbocycles. The van der Waals surface area contributed by atoms with Crippen molar-refractivity contribution >= 4 is 40.2 Å². The largest absolute Gasteiger partial charge is 0.492 e. The van der Waals surface area contributed by atoms with Gasteiger partial charge in [0.05, 0.1) is 11.6 Å².